The summed E-state index contributed by atoms with van der Waals surface area (Å²) in [5.41, 5.74) is 6.66. The smallest absolute Gasteiger partial charge is 0.106 e. The molecule has 1 N–H and O–H groups in total. The zero-order valence-electron chi connectivity index (χ0n) is 13.4. The van der Waals surface area contributed by atoms with E-state index in [9.17, 15) is 0 Å². The van der Waals surface area contributed by atoms with E-state index in [0.717, 1.165) is 17.9 Å². The lowest BCUT2D eigenvalue weighted by atomic mass is 9.93. The number of rotatable bonds is 4. The van der Waals surface area contributed by atoms with Crippen LogP contribution < -0.4 is 5.32 Å². The minimum Gasteiger partial charge on any atom is -0.466 e. The van der Waals surface area contributed by atoms with Crippen molar-refractivity contribution in [3.05, 3.63) is 57.5 Å². The molecule has 2 nitrogen and oxygen atoms in total. The van der Waals surface area contributed by atoms with Crippen LogP contribution >= 0.6 is 0 Å². The molecular weight excluding hydrogens is 246 g/mol. The molecule has 0 aliphatic carbocycles. The van der Waals surface area contributed by atoms with Crippen molar-refractivity contribution in [2.24, 2.45) is 0 Å². The van der Waals surface area contributed by atoms with Gasteiger partial charge in [0, 0.05) is 11.6 Å². The molecule has 1 unspecified atom stereocenters. The molecule has 0 radical (unpaired) electrons. The van der Waals surface area contributed by atoms with Crippen molar-refractivity contribution >= 4 is 0 Å². The number of hydrogen-bond donors (Lipinski definition) is 1. The standard InChI is InChI=1S/C18H25NO/c1-11-7-8-12(2)16(9-11)10-17(19-6)18-13(3)14(4)20-15(18)5/h7-9,17,19H,10H2,1-6H3. The molecule has 0 fully saturated rings. The van der Waals surface area contributed by atoms with Crippen molar-refractivity contribution in [2.45, 2.75) is 47.1 Å². The molecule has 0 saturated heterocycles. The Morgan fingerprint density at radius 3 is 2.30 bits per heavy atom. The van der Waals surface area contributed by atoms with Crippen LogP contribution in [0.5, 0.6) is 0 Å². The summed E-state index contributed by atoms with van der Waals surface area (Å²) in [6, 6.07) is 6.97. The topological polar surface area (TPSA) is 25.2 Å². The van der Waals surface area contributed by atoms with E-state index in [1.54, 1.807) is 0 Å². The van der Waals surface area contributed by atoms with Gasteiger partial charge in [0.1, 0.15) is 11.5 Å². The molecule has 2 aromatic rings. The lowest BCUT2D eigenvalue weighted by molar-refractivity contribution is 0.489. The molecule has 1 aromatic heterocycles. The SMILES string of the molecule is CNC(Cc1cc(C)ccc1C)c1c(C)oc(C)c1C. The third-order valence-corrected chi connectivity index (χ3v) is 4.24. The van der Waals surface area contributed by atoms with E-state index in [0.29, 0.717) is 6.04 Å². The fourth-order valence-corrected chi connectivity index (χ4v) is 2.91. The Balaban J connectivity index is 2.36. The minimum atomic E-state index is 0.299. The predicted molar refractivity (Wildman–Crippen MR) is 84.3 cm³/mol. The van der Waals surface area contributed by atoms with Gasteiger partial charge in [-0.1, -0.05) is 23.8 Å². The summed E-state index contributed by atoms with van der Waals surface area (Å²) in [5.74, 6) is 2.06. The van der Waals surface area contributed by atoms with Gasteiger partial charge in [0.15, 0.2) is 0 Å². The van der Waals surface area contributed by atoms with Crippen LogP contribution in [-0.2, 0) is 6.42 Å². The minimum absolute atomic E-state index is 0.299. The quantitative estimate of drug-likeness (QED) is 0.895. The summed E-state index contributed by atoms with van der Waals surface area (Å²) in [7, 11) is 2.02. The summed E-state index contributed by atoms with van der Waals surface area (Å²) in [6.07, 6.45) is 0.991. The maximum absolute atomic E-state index is 5.78. The monoisotopic (exact) mass is 271 g/mol. The highest BCUT2D eigenvalue weighted by Gasteiger charge is 2.20. The first-order valence-electron chi connectivity index (χ1n) is 7.24. The summed E-state index contributed by atoms with van der Waals surface area (Å²) in [4.78, 5) is 0. The Morgan fingerprint density at radius 1 is 1.05 bits per heavy atom. The van der Waals surface area contributed by atoms with Gasteiger partial charge in [-0.15, -0.1) is 0 Å². The van der Waals surface area contributed by atoms with E-state index < -0.39 is 0 Å². The van der Waals surface area contributed by atoms with Crippen LogP contribution in [0.1, 0.15) is 45.4 Å². The predicted octanol–water partition coefficient (Wildman–Crippen LogP) is 4.32. The van der Waals surface area contributed by atoms with Crippen molar-refractivity contribution in [1.29, 1.82) is 0 Å². The number of aryl methyl sites for hydroxylation is 4. The highest BCUT2D eigenvalue weighted by Crippen LogP contribution is 2.30. The van der Waals surface area contributed by atoms with Gasteiger partial charge in [-0.3, -0.25) is 0 Å². The molecule has 2 rings (SSSR count). The van der Waals surface area contributed by atoms with Gasteiger partial charge in [0.25, 0.3) is 0 Å². The van der Waals surface area contributed by atoms with Crippen LogP contribution in [0.3, 0.4) is 0 Å². The third-order valence-electron chi connectivity index (χ3n) is 4.24. The lowest BCUT2D eigenvalue weighted by Gasteiger charge is -2.19. The Labute approximate surface area is 122 Å². The van der Waals surface area contributed by atoms with Crippen molar-refractivity contribution in [2.75, 3.05) is 7.05 Å². The maximum Gasteiger partial charge on any atom is 0.106 e. The first-order valence-corrected chi connectivity index (χ1v) is 7.24. The normalized spacial score (nSPS) is 12.7. The Hall–Kier alpha value is -1.54. The fourth-order valence-electron chi connectivity index (χ4n) is 2.91. The van der Waals surface area contributed by atoms with Gasteiger partial charge in [-0.05, 0) is 64.8 Å². The zero-order chi connectivity index (χ0) is 14.9. The summed E-state index contributed by atoms with van der Waals surface area (Å²) in [5, 5.41) is 3.45. The van der Waals surface area contributed by atoms with Gasteiger partial charge in [-0.25, -0.2) is 0 Å². The molecule has 1 heterocycles. The molecule has 2 heteroatoms. The van der Waals surface area contributed by atoms with Crippen LogP contribution in [0, 0.1) is 34.6 Å². The van der Waals surface area contributed by atoms with E-state index in [1.165, 1.54) is 27.8 Å². The van der Waals surface area contributed by atoms with E-state index in [-0.39, 0.29) is 0 Å². The summed E-state index contributed by atoms with van der Waals surface area (Å²) < 4.78 is 5.78. The first-order chi connectivity index (χ1) is 9.43. The number of hydrogen-bond acceptors (Lipinski definition) is 2. The highest BCUT2D eigenvalue weighted by atomic mass is 16.3. The summed E-state index contributed by atoms with van der Waals surface area (Å²) >= 11 is 0. The molecule has 0 aliphatic heterocycles. The summed E-state index contributed by atoms with van der Waals surface area (Å²) in [6.45, 7) is 10.6. The average molecular weight is 271 g/mol. The first kappa shape index (κ1) is 14.9. The maximum atomic E-state index is 5.78. The van der Waals surface area contributed by atoms with Crippen LogP contribution in [0.15, 0.2) is 22.6 Å². The van der Waals surface area contributed by atoms with Crippen molar-refractivity contribution in [3.63, 3.8) is 0 Å². The number of benzene rings is 1. The number of nitrogens with one attached hydrogen (secondary N) is 1. The van der Waals surface area contributed by atoms with Gasteiger partial charge < -0.3 is 9.73 Å². The molecule has 0 spiro atoms. The van der Waals surface area contributed by atoms with E-state index in [2.05, 4.69) is 51.2 Å². The second-order valence-corrected chi connectivity index (χ2v) is 5.73. The Morgan fingerprint density at radius 2 is 1.75 bits per heavy atom. The van der Waals surface area contributed by atoms with Crippen LogP contribution in [0.4, 0.5) is 0 Å². The van der Waals surface area contributed by atoms with Crippen LogP contribution in [0.25, 0.3) is 0 Å². The van der Waals surface area contributed by atoms with E-state index in [1.807, 2.05) is 14.0 Å². The second-order valence-electron chi connectivity index (χ2n) is 5.73. The van der Waals surface area contributed by atoms with Crippen molar-refractivity contribution < 1.29 is 4.42 Å². The van der Waals surface area contributed by atoms with Crippen LogP contribution in [-0.4, -0.2) is 7.05 Å². The molecular formula is C18H25NO. The zero-order valence-corrected chi connectivity index (χ0v) is 13.4. The van der Waals surface area contributed by atoms with Gasteiger partial charge >= 0.3 is 0 Å². The molecule has 20 heavy (non-hydrogen) atoms. The largest absolute Gasteiger partial charge is 0.466 e. The van der Waals surface area contributed by atoms with Crippen LogP contribution in [0.2, 0.25) is 0 Å². The number of furan rings is 1. The molecule has 1 aromatic carbocycles. The van der Waals surface area contributed by atoms with Gasteiger partial charge in [-0.2, -0.15) is 0 Å². The Kier molecular flexibility index (Phi) is 4.34. The third kappa shape index (κ3) is 2.80. The van der Waals surface area contributed by atoms with Crippen molar-refractivity contribution in [3.8, 4) is 0 Å². The van der Waals surface area contributed by atoms with Crippen molar-refractivity contribution in [1.82, 2.24) is 5.32 Å². The fraction of sp³-hybridized carbons (Fsp3) is 0.444. The molecule has 108 valence electrons. The molecule has 1 atom stereocenters. The highest BCUT2D eigenvalue weighted by molar-refractivity contribution is 5.37. The average Bonchev–Trinajstić information content (AvgIpc) is 2.65. The van der Waals surface area contributed by atoms with Gasteiger partial charge in [0.2, 0.25) is 0 Å². The molecule has 0 aliphatic rings. The van der Waals surface area contributed by atoms with E-state index >= 15 is 0 Å². The van der Waals surface area contributed by atoms with Gasteiger partial charge in [0.05, 0.1) is 0 Å². The Bertz CT molecular complexity index is 610. The van der Waals surface area contributed by atoms with E-state index in [4.69, 9.17) is 4.42 Å². The lowest BCUT2D eigenvalue weighted by Crippen LogP contribution is -2.20. The molecule has 0 bridgehead atoms. The second kappa shape index (κ2) is 5.84. The molecule has 0 saturated carbocycles. The number of likely N-dealkylation sites (N-methyl/N-ethyl adjacent to an activating group) is 1. The molecule has 0 amide bonds.